The summed E-state index contributed by atoms with van der Waals surface area (Å²) in [5.74, 6) is 0.146. The summed E-state index contributed by atoms with van der Waals surface area (Å²) in [5, 5.41) is 0. The zero-order chi connectivity index (χ0) is 11.6. The predicted molar refractivity (Wildman–Crippen MR) is 60.9 cm³/mol. The minimum atomic E-state index is -0.465. The van der Waals surface area contributed by atoms with Crippen LogP contribution in [-0.2, 0) is 14.3 Å². The third-order valence-electron chi connectivity index (χ3n) is 3.67. The Kier molecular flexibility index (Phi) is 3.15. The van der Waals surface area contributed by atoms with Crippen LogP contribution in [0.3, 0.4) is 0 Å². The highest BCUT2D eigenvalue weighted by Gasteiger charge is 2.55. The van der Waals surface area contributed by atoms with Crippen LogP contribution in [-0.4, -0.2) is 25.8 Å². The summed E-state index contributed by atoms with van der Waals surface area (Å²) >= 11 is 0. The molecule has 3 nitrogen and oxygen atoms in total. The van der Waals surface area contributed by atoms with E-state index in [2.05, 4.69) is 12.7 Å². The van der Waals surface area contributed by atoms with E-state index in [1.165, 1.54) is 0 Å². The van der Waals surface area contributed by atoms with Crippen molar-refractivity contribution in [1.29, 1.82) is 0 Å². The van der Waals surface area contributed by atoms with Crippen molar-refractivity contribution in [1.82, 2.24) is 0 Å². The zero-order valence-corrected chi connectivity index (χ0v) is 9.65. The molecule has 1 heterocycles. The molecule has 16 heavy (non-hydrogen) atoms. The van der Waals surface area contributed by atoms with Crippen molar-refractivity contribution in [2.24, 2.45) is 11.3 Å². The number of allylic oxidation sites excluding steroid dienone is 1. The highest BCUT2D eigenvalue weighted by molar-refractivity contribution is 5.82. The maximum atomic E-state index is 12.0. The molecular formula is C13H18O3. The second kappa shape index (κ2) is 4.42. The maximum Gasteiger partial charge on any atom is 0.316 e. The van der Waals surface area contributed by atoms with Crippen LogP contribution in [0, 0.1) is 11.3 Å². The van der Waals surface area contributed by atoms with Crippen LogP contribution in [0.15, 0.2) is 24.8 Å². The first-order valence-corrected chi connectivity index (χ1v) is 5.73. The molecule has 0 saturated carbocycles. The van der Waals surface area contributed by atoms with Crippen LogP contribution in [0.4, 0.5) is 0 Å². The van der Waals surface area contributed by atoms with Crippen LogP contribution >= 0.6 is 0 Å². The topological polar surface area (TPSA) is 35.5 Å². The van der Waals surface area contributed by atoms with Crippen molar-refractivity contribution in [3.63, 3.8) is 0 Å². The van der Waals surface area contributed by atoms with E-state index in [1.54, 1.807) is 7.11 Å². The Morgan fingerprint density at radius 3 is 3.25 bits per heavy atom. The van der Waals surface area contributed by atoms with Crippen molar-refractivity contribution in [2.75, 3.05) is 13.7 Å². The quantitative estimate of drug-likeness (QED) is 0.528. The first kappa shape index (κ1) is 11.4. The van der Waals surface area contributed by atoms with Crippen LogP contribution in [0.25, 0.3) is 0 Å². The van der Waals surface area contributed by atoms with E-state index >= 15 is 0 Å². The molecule has 3 atom stereocenters. The lowest BCUT2D eigenvalue weighted by molar-refractivity contribution is -0.147. The Balaban J connectivity index is 2.26. The van der Waals surface area contributed by atoms with Gasteiger partial charge in [0.25, 0.3) is 0 Å². The molecule has 88 valence electrons. The second-order valence-corrected chi connectivity index (χ2v) is 4.50. The number of fused-ring (bicyclic) bond motifs is 2. The first-order chi connectivity index (χ1) is 7.74. The number of carbonyl (C=O) groups is 1. The smallest absolute Gasteiger partial charge is 0.316 e. The van der Waals surface area contributed by atoms with E-state index < -0.39 is 5.41 Å². The van der Waals surface area contributed by atoms with Gasteiger partial charge in [-0.25, -0.2) is 0 Å². The minimum absolute atomic E-state index is 0.0346. The number of carbonyl (C=O) groups excluding carboxylic acids is 1. The summed E-state index contributed by atoms with van der Waals surface area (Å²) in [6.07, 6.45) is 8.35. The molecule has 2 bridgehead atoms. The second-order valence-electron chi connectivity index (χ2n) is 4.50. The summed E-state index contributed by atoms with van der Waals surface area (Å²) in [6.45, 7) is 4.35. The Labute approximate surface area is 96.1 Å². The van der Waals surface area contributed by atoms with Gasteiger partial charge in [0.2, 0.25) is 0 Å². The summed E-state index contributed by atoms with van der Waals surface area (Å²) in [6, 6.07) is 0. The van der Waals surface area contributed by atoms with Gasteiger partial charge in [-0.05, 0) is 12.8 Å². The lowest BCUT2D eigenvalue weighted by Gasteiger charge is -2.31. The highest BCUT2D eigenvalue weighted by atomic mass is 16.6. The van der Waals surface area contributed by atoms with Gasteiger partial charge in [0.1, 0.15) is 6.10 Å². The van der Waals surface area contributed by atoms with E-state index in [4.69, 9.17) is 9.47 Å². The van der Waals surface area contributed by atoms with Crippen molar-refractivity contribution in [2.45, 2.75) is 25.4 Å². The normalized spacial score (nSPS) is 36.2. The number of rotatable bonds is 5. The molecule has 3 heteroatoms. The van der Waals surface area contributed by atoms with Gasteiger partial charge in [-0.15, -0.1) is 6.58 Å². The van der Waals surface area contributed by atoms with Crippen molar-refractivity contribution >= 4 is 5.97 Å². The van der Waals surface area contributed by atoms with Gasteiger partial charge in [-0.2, -0.15) is 0 Å². The van der Waals surface area contributed by atoms with Crippen LogP contribution in [0.2, 0.25) is 0 Å². The predicted octanol–water partition coefficient (Wildman–Crippen LogP) is 2.09. The fourth-order valence-corrected chi connectivity index (χ4v) is 2.81. The molecule has 0 aromatic rings. The SMILES string of the molecule is C=CC[C@H]1[C@@H]2CC=C[C@@]1(CCOC)C(=O)O2. The van der Waals surface area contributed by atoms with Gasteiger partial charge in [0, 0.05) is 26.1 Å². The summed E-state index contributed by atoms with van der Waals surface area (Å²) in [4.78, 5) is 12.0. The monoisotopic (exact) mass is 222 g/mol. The molecule has 1 fully saturated rings. The van der Waals surface area contributed by atoms with E-state index in [1.807, 2.05) is 12.2 Å². The number of hydrogen-bond donors (Lipinski definition) is 0. The number of methoxy groups -OCH3 is 1. The lowest BCUT2D eigenvalue weighted by Crippen LogP contribution is -2.36. The van der Waals surface area contributed by atoms with Gasteiger partial charge in [0.15, 0.2) is 0 Å². The fraction of sp³-hybridized carbons (Fsp3) is 0.615. The van der Waals surface area contributed by atoms with Crippen LogP contribution < -0.4 is 0 Å². The Morgan fingerprint density at radius 2 is 2.56 bits per heavy atom. The molecule has 1 aliphatic heterocycles. The van der Waals surface area contributed by atoms with Gasteiger partial charge in [-0.3, -0.25) is 4.79 Å². The fourth-order valence-electron chi connectivity index (χ4n) is 2.81. The molecule has 0 spiro atoms. The summed E-state index contributed by atoms with van der Waals surface area (Å²) in [7, 11) is 1.66. The lowest BCUT2D eigenvalue weighted by atomic mass is 9.68. The molecule has 0 aromatic heterocycles. The van der Waals surface area contributed by atoms with E-state index in [-0.39, 0.29) is 18.0 Å². The van der Waals surface area contributed by atoms with Crippen LogP contribution in [0.1, 0.15) is 19.3 Å². The molecule has 0 amide bonds. The first-order valence-electron chi connectivity index (χ1n) is 5.73. The highest BCUT2D eigenvalue weighted by Crippen LogP contribution is 2.49. The number of esters is 1. The van der Waals surface area contributed by atoms with E-state index in [9.17, 15) is 4.79 Å². The van der Waals surface area contributed by atoms with Gasteiger partial charge in [0.05, 0.1) is 5.41 Å². The summed E-state index contributed by atoms with van der Waals surface area (Å²) < 4.78 is 10.5. The van der Waals surface area contributed by atoms with Crippen molar-refractivity contribution < 1.29 is 14.3 Å². The third-order valence-corrected chi connectivity index (χ3v) is 3.67. The maximum absolute atomic E-state index is 12.0. The molecule has 0 unspecified atom stereocenters. The number of hydrogen-bond acceptors (Lipinski definition) is 3. The van der Waals surface area contributed by atoms with Gasteiger partial charge >= 0.3 is 5.97 Å². The minimum Gasteiger partial charge on any atom is -0.461 e. The molecule has 1 aliphatic carbocycles. The number of ether oxygens (including phenoxy) is 2. The van der Waals surface area contributed by atoms with Crippen molar-refractivity contribution in [3.8, 4) is 0 Å². The molecule has 2 aliphatic rings. The largest absolute Gasteiger partial charge is 0.461 e. The van der Waals surface area contributed by atoms with Gasteiger partial charge in [-0.1, -0.05) is 18.2 Å². The molecule has 0 radical (unpaired) electrons. The van der Waals surface area contributed by atoms with E-state index in [0.717, 1.165) is 12.8 Å². The average molecular weight is 222 g/mol. The zero-order valence-electron chi connectivity index (χ0n) is 9.65. The van der Waals surface area contributed by atoms with Gasteiger partial charge < -0.3 is 9.47 Å². The molecule has 0 N–H and O–H groups in total. The Morgan fingerprint density at radius 1 is 1.75 bits per heavy atom. The molecule has 2 rings (SSSR count). The average Bonchev–Trinajstić information content (AvgIpc) is 2.44. The Hall–Kier alpha value is -1.09. The van der Waals surface area contributed by atoms with E-state index in [0.29, 0.717) is 13.0 Å². The molecule has 1 saturated heterocycles. The summed E-state index contributed by atoms with van der Waals surface area (Å²) in [5.41, 5.74) is -0.465. The molecule has 0 aromatic carbocycles. The van der Waals surface area contributed by atoms with Crippen molar-refractivity contribution in [3.05, 3.63) is 24.8 Å². The standard InChI is InChI=1S/C13H18O3/c1-3-5-10-11-6-4-7-13(10,8-9-15-2)12(14)16-11/h3-4,7,10-11H,1,5-6,8-9H2,2H3/t10-,11-,13-/m0/s1. The Bertz CT molecular complexity index is 321. The van der Waals surface area contributed by atoms with Crippen LogP contribution in [0.5, 0.6) is 0 Å². The third kappa shape index (κ3) is 1.59. The molecular weight excluding hydrogens is 204 g/mol.